The minimum absolute atomic E-state index is 0. The molecule has 0 bridgehead atoms. The summed E-state index contributed by atoms with van der Waals surface area (Å²) in [5, 5.41) is 6.73. The van der Waals surface area contributed by atoms with Gasteiger partial charge in [0.1, 0.15) is 5.75 Å². The first kappa shape index (κ1) is 26.9. The van der Waals surface area contributed by atoms with Crippen LogP contribution in [0.2, 0.25) is 0 Å². The van der Waals surface area contributed by atoms with E-state index in [0.717, 1.165) is 57.2 Å². The zero-order valence-electron chi connectivity index (χ0n) is 17.8. The van der Waals surface area contributed by atoms with Crippen molar-refractivity contribution in [2.75, 3.05) is 53.7 Å². The Morgan fingerprint density at radius 3 is 2.43 bits per heavy atom. The van der Waals surface area contributed by atoms with Crippen LogP contribution in [0, 0.1) is 0 Å². The molecular formula is C21H38IN3O3. The summed E-state index contributed by atoms with van der Waals surface area (Å²) in [6.07, 6.45) is 3.08. The lowest BCUT2D eigenvalue weighted by Gasteiger charge is -2.15. The van der Waals surface area contributed by atoms with E-state index in [2.05, 4.69) is 41.6 Å². The second-order valence-corrected chi connectivity index (χ2v) is 6.46. The van der Waals surface area contributed by atoms with E-state index in [1.807, 2.05) is 12.1 Å². The van der Waals surface area contributed by atoms with Gasteiger partial charge in [0.15, 0.2) is 5.96 Å². The molecule has 162 valence electrons. The van der Waals surface area contributed by atoms with Crippen molar-refractivity contribution in [3.05, 3.63) is 29.8 Å². The van der Waals surface area contributed by atoms with E-state index in [1.54, 1.807) is 14.2 Å². The predicted molar refractivity (Wildman–Crippen MR) is 127 cm³/mol. The number of ether oxygens (including phenoxy) is 3. The molecule has 0 fully saturated rings. The molecule has 0 radical (unpaired) electrons. The Kier molecular flexibility index (Phi) is 17.3. The molecule has 0 saturated carbocycles. The van der Waals surface area contributed by atoms with Gasteiger partial charge in [0.2, 0.25) is 0 Å². The summed E-state index contributed by atoms with van der Waals surface area (Å²) in [4.78, 5) is 4.64. The van der Waals surface area contributed by atoms with Crippen molar-refractivity contribution in [3.8, 4) is 5.75 Å². The molecule has 1 aromatic rings. The average Bonchev–Trinajstić information content (AvgIpc) is 2.69. The van der Waals surface area contributed by atoms with Crippen LogP contribution in [-0.2, 0) is 9.47 Å². The zero-order chi connectivity index (χ0) is 19.7. The summed E-state index contributed by atoms with van der Waals surface area (Å²) in [5.74, 6) is 2.27. The molecule has 0 aliphatic heterocycles. The van der Waals surface area contributed by atoms with Gasteiger partial charge in [-0.1, -0.05) is 19.1 Å². The van der Waals surface area contributed by atoms with Gasteiger partial charge in [-0.2, -0.15) is 0 Å². The molecule has 0 aliphatic carbocycles. The van der Waals surface area contributed by atoms with Crippen molar-refractivity contribution >= 4 is 29.9 Å². The summed E-state index contributed by atoms with van der Waals surface area (Å²) in [6, 6.07) is 8.31. The molecule has 1 atom stereocenters. The van der Waals surface area contributed by atoms with Gasteiger partial charge in [-0.05, 0) is 49.8 Å². The minimum Gasteiger partial charge on any atom is -0.497 e. The van der Waals surface area contributed by atoms with E-state index < -0.39 is 0 Å². The first-order valence-electron chi connectivity index (χ1n) is 9.94. The largest absolute Gasteiger partial charge is 0.497 e. The Labute approximate surface area is 187 Å². The van der Waals surface area contributed by atoms with Gasteiger partial charge in [-0.15, -0.1) is 24.0 Å². The van der Waals surface area contributed by atoms with Crippen molar-refractivity contribution in [3.63, 3.8) is 0 Å². The standard InChI is InChI=1S/C21H37N3O3.HI/c1-5-22-21(23-13-6-7-15-27-17-16-25-3)24-14-12-18(2)19-8-10-20(26-4)11-9-19;/h8-11,18H,5-7,12-17H2,1-4H3,(H2,22,23,24);1H. The first-order chi connectivity index (χ1) is 13.2. The molecule has 1 aromatic carbocycles. The predicted octanol–water partition coefficient (Wildman–Crippen LogP) is 3.81. The van der Waals surface area contributed by atoms with Crippen molar-refractivity contribution in [1.29, 1.82) is 0 Å². The molecule has 1 rings (SSSR count). The molecule has 0 aliphatic rings. The number of aliphatic imine (C=N–C) groups is 1. The Bertz CT molecular complexity index is 512. The third-order valence-electron chi connectivity index (χ3n) is 4.30. The number of nitrogens with zero attached hydrogens (tertiary/aromatic N) is 1. The number of benzene rings is 1. The van der Waals surface area contributed by atoms with Crippen LogP contribution in [0.4, 0.5) is 0 Å². The fraction of sp³-hybridized carbons (Fsp3) is 0.667. The van der Waals surface area contributed by atoms with E-state index in [9.17, 15) is 0 Å². The third kappa shape index (κ3) is 12.4. The van der Waals surface area contributed by atoms with E-state index in [4.69, 9.17) is 14.2 Å². The number of hydrogen-bond acceptors (Lipinski definition) is 4. The summed E-state index contributed by atoms with van der Waals surface area (Å²) in [7, 11) is 3.38. The van der Waals surface area contributed by atoms with E-state index in [0.29, 0.717) is 19.1 Å². The lowest BCUT2D eigenvalue weighted by Crippen LogP contribution is -2.38. The van der Waals surface area contributed by atoms with Crippen molar-refractivity contribution < 1.29 is 14.2 Å². The van der Waals surface area contributed by atoms with Crippen LogP contribution in [0.15, 0.2) is 29.3 Å². The molecule has 7 heteroatoms. The normalized spacial score (nSPS) is 12.2. The fourth-order valence-electron chi connectivity index (χ4n) is 2.60. The van der Waals surface area contributed by atoms with Crippen LogP contribution in [0.25, 0.3) is 0 Å². The lowest BCUT2D eigenvalue weighted by molar-refractivity contribution is 0.0690. The average molecular weight is 507 g/mol. The van der Waals surface area contributed by atoms with E-state index >= 15 is 0 Å². The van der Waals surface area contributed by atoms with Crippen LogP contribution in [0.3, 0.4) is 0 Å². The number of guanidine groups is 1. The van der Waals surface area contributed by atoms with Crippen LogP contribution < -0.4 is 15.4 Å². The van der Waals surface area contributed by atoms with Crippen molar-refractivity contribution in [2.45, 2.75) is 39.0 Å². The van der Waals surface area contributed by atoms with Gasteiger partial charge < -0.3 is 24.8 Å². The quantitative estimate of drug-likeness (QED) is 0.174. The first-order valence-corrected chi connectivity index (χ1v) is 9.94. The molecule has 0 spiro atoms. The minimum atomic E-state index is 0. The van der Waals surface area contributed by atoms with Gasteiger partial charge in [0, 0.05) is 33.4 Å². The van der Waals surface area contributed by atoms with Crippen LogP contribution in [-0.4, -0.2) is 59.6 Å². The molecule has 0 saturated heterocycles. The molecule has 1 unspecified atom stereocenters. The Hall–Kier alpha value is -1.06. The van der Waals surface area contributed by atoms with Crippen molar-refractivity contribution in [1.82, 2.24) is 10.6 Å². The van der Waals surface area contributed by atoms with Gasteiger partial charge in [-0.25, -0.2) is 0 Å². The highest BCUT2D eigenvalue weighted by Crippen LogP contribution is 2.21. The number of hydrogen-bond donors (Lipinski definition) is 2. The summed E-state index contributed by atoms with van der Waals surface area (Å²) in [6.45, 7) is 8.97. The van der Waals surface area contributed by atoms with Gasteiger partial charge in [0.05, 0.1) is 20.3 Å². The monoisotopic (exact) mass is 507 g/mol. The molecule has 2 N–H and O–H groups in total. The van der Waals surface area contributed by atoms with Crippen LogP contribution in [0.5, 0.6) is 5.75 Å². The molecule has 0 heterocycles. The number of halogens is 1. The fourth-order valence-corrected chi connectivity index (χ4v) is 2.60. The van der Waals surface area contributed by atoms with Crippen LogP contribution >= 0.6 is 24.0 Å². The molecular weight excluding hydrogens is 469 g/mol. The zero-order valence-corrected chi connectivity index (χ0v) is 20.2. The van der Waals surface area contributed by atoms with Gasteiger partial charge >= 0.3 is 0 Å². The Balaban J connectivity index is 0.00000729. The highest BCUT2D eigenvalue weighted by molar-refractivity contribution is 14.0. The number of unbranched alkanes of at least 4 members (excludes halogenated alkanes) is 1. The molecule has 6 nitrogen and oxygen atoms in total. The summed E-state index contributed by atoms with van der Waals surface area (Å²) < 4.78 is 15.6. The Morgan fingerprint density at radius 1 is 1.04 bits per heavy atom. The van der Waals surface area contributed by atoms with Crippen LogP contribution in [0.1, 0.15) is 44.6 Å². The van der Waals surface area contributed by atoms with Gasteiger partial charge in [-0.3, -0.25) is 4.99 Å². The summed E-state index contributed by atoms with van der Waals surface area (Å²) in [5.41, 5.74) is 1.33. The third-order valence-corrected chi connectivity index (χ3v) is 4.30. The maximum Gasteiger partial charge on any atom is 0.191 e. The number of nitrogens with one attached hydrogen (secondary N) is 2. The summed E-state index contributed by atoms with van der Waals surface area (Å²) >= 11 is 0. The maximum atomic E-state index is 5.46. The number of methoxy groups -OCH3 is 2. The maximum absolute atomic E-state index is 5.46. The highest BCUT2D eigenvalue weighted by Gasteiger charge is 2.06. The molecule has 0 aromatic heterocycles. The second-order valence-electron chi connectivity index (χ2n) is 6.46. The second kappa shape index (κ2) is 18.0. The highest BCUT2D eigenvalue weighted by atomic mass is 127. The van der Waals surface area contributed by atoms with E-state index in [1.165, 1.54) is 5.56 Å². The topological polar surface area (TPSA) is 64.1 Å². The Morgan fingerprint density at radius 2 is 1.79 bits per heavy atom. The SMILES string of the molecule is CCNC(=NCCCCOCCOC)NCCC(C)c1ccc(OC)cc1.I. The number of rotatable bonds is 14. The van der Waals surface area contributed by atoms with E-state index in [-0.39, 0.29) is 24.0 Å². The van der Waals surface area contributed by atoms with Crippen molar-refractivity contribution in [2.24, 2.45) is 4.99 Å². The lowest BCUT2D eigenvalue weighted by atomic mass is 9.98. The van der Waals surface area contributed by atoms with Gasteiger partial charge in [0.25, 0.3) is 0 Å². The molecule has 28 heavy (non-hydrogen) atoms. The smallest absolute Gasteiger partial charge is 0.191 e. The molecule has 0 amide bonds.